The third-order valence-corrected chi connectivity index (χ3v) is 4.07. The molecule has 0 bridgehead atoms. The molecule has 0 saturated heterocycles. The number of nitrogens with zero attached hydrogens (tertiary/aromatic N) is 2. The van der Waals surface area contributed by atoms with Gasteiger partial charge in [0.1, 0.15) is 0 Å². The first-order valence-electron chi connectivity index (χ1n) is 7.04. The van der Waals surface area contributed by atoms with Crippen LogP contribution in [0, 0.1) is 0 Å². The number of carbonyl (C=O) groups excluding carboxylic acids is 1. The molecular formula is C17H16ClN3O. The van der Waals surface area contributed by atoms with Crippen molar-refractivity contribution in [1.82, 2.24) is 14.9 Å². The maximum absolute atomic E-state index is 12.4. The molecule has 5 heteroatoms. The van der Waals surface area contributed by atoms with Gasteiger partial charge in [-0.1, -0.05) is 30.3 Å². The van der Waals surface area contributed by atoms with Crippen molar-refractivity contribution in [2.24, 2.45) is 7.05 Å². The summed E-state index contributed by atoms with van der Waals surface area (Å²) < 4.78 is 1.78. The lowest BCUT2D eigenvalue weighted by atomic mass is 10.1. The molecule has 1 aromatic heterocycles. The van der Waals surface area contributed by atoms with Crippen LogP contribution in [0.4, 0.5) is 0 Å². The van der Waals surface area contributed by atoms with Crippen molar-refractivity contribution in [2.75, 3.05) is 0 Å². The van der Waals surface area contributed by atoms with Crippen molar-refractivity contribution in [3.05, 3.63) is 64.9 Å². The van der Waals surface area contributed by atoms with Gasteiger partial charge in [0.25, 0.3) is 5.91 Å². The van der Waals surface area contributed by atoms with Crippen LogP contribution in [0.1, 0.15) is 28.9 Å². The van der Waals surface area contributed by atoms with Gasteiger partial charge in [-0.2, -0.15) is 0 Å². The highest BCUT2D eigenvalue weighted by atomic mass is 35.5. The van der Waals surface area contributed by atoms with Gasteiger partial charge in [-0.15, -0.1) is 0 Å². The molecule has 22 heavy (non-hydrogen) atoms. The van der Waals surface area contributed by atoms with E-state index in [1.807, 2.05) is 50.4 Å². The summed E-state index contributed by atoms with van der Waals surface area (Å²) in [6, 6.07) is 15.2. The number of carbonyl (C=O) groups is 1. The molecule has 0 unspecified atom stereocenters. The van der Waals surface area contributed by atoms with E-state index in [2.05, 4.69) is 10.3 Å². The third kappa shape index (κ3) is 2.70. The SMILES string of the molecule is C[C@H](NC(=O)c1ccc2c(c1)nc(Cl)n2C)c1ccccc1. The van der Waals surface area contributed by atoms with E-state index in [0.717, 1.165) is 11.1 Å². The fraction of sp³-hybridized carbons (Fsp3) is 0.176. The monoisotopic (exact) mass is 313 g/mol. The first-order valence-corrected chi connectivity index (χ1v) is 7.42. The number of nitrogens with one attached hydrogen (secondary N) is 1. The fourth-order valence-corrected chi connectivity index (χ4v) is 2.60. The molecule has 1 amide bonds. The number of aryl methyl sites for hydroxylation is 1. The summed E-state index contributed by atoms with van der Waals surface area (Å²) in [5, 5.41) is 3.40. The summed E-state index contributed by atoms with van der Waals surface area (Å²) in [7, 11) is 1.84. The molecule has 0 aliphatic rings. The summed E-state index contributed by atoms with van der Waals surface area (Å²) in [6.45, 7) is 1.96. The number of hydrogen-bond acceptors (Lipinski definition) is 2. The van der Waals surface area contributed by atoms with Crippen molar-refractivity contribution >= 4 is 28.5 Å². The number of imidazole rings is 1. The molecule has 3 aromatic rings. The van der Waals surface area contributed by atoms with Gasteiger partial charge in [0.15, 0.2) is 0 Å². The predicted octanol–water partition coefficient (Wildman–Crippen LogP) is 3.72. The van der Waals surface area contributed by atoms with Crippen molar-refractivity contribution in [1.29, 1.82) is 0 Å². The van der Waals surface area contributed by atoms with Crippen LogP contribution in [-0.4, -0.2) is 15.5 Å². The summed E-state index contributed by atoms with van der Waals surface area (Å²) in [6.07, 6.45) is 0. The molecule has 0 fully saturated rings. The lowest BCUT2D eigenvalue weighted by Gasteiger charge is -2.14. The fourth-order valence-electron chi connectivity index (χ4n) is 2.42. The minimum Gasteiger partial charge on any atom is -0.346 e. The Hall–Kier alpha value is -2.33. The Labute approximate surface area is 133 Å². The van der Waals surface area contributed by atoms with Gasteiger partial charge in [-0.25, -0.2) is 4.98 Å². The van der Waals surface area contributed by atoms with E-state index < -0.39 is 0 Å². The Morgan fingerprint density at radius 3 is 2.68 bits per heavy atom. The van der Waals surface area contributed by atoms with Crippen molar-refractivity contribution in [3.8, 4) is 0 Å². The lowest BCUT2D eigenvalue weighted by molar-refractivity contribution is 0.0940. The van der Waals surface area contributed by atoms with Gasteiger partial charge in [0.05, 0.1) is 17.1 Å². The zero-order valence-corrected chi connectivity index (χ0v) is 13.1. The predicted molar refractivity (Wildman–Crippen MR) is 88.0 cm³/mol. The number of benzene rings is 2. The number of rotatable bonds is 3. The summed E-state index contributed by atoms with van der Waals surface area (Å²) in [5.41, 5.74) is 3.26. The van der Waals surface area contributed by atoms with Gasteiger partial charge in [0.2, 0.25) is 5.28 Å². The van der Waals surface area contributed by atoms with Gasteiger partial charge >= 0.3 is 0 Å². The smallest absolute Gasteiger partial charge is 0.251 e. The largest absolute Gasteiger partial charge is 0.346 e. The second-order valence-electron chi connectivity index (χ2n) is 5.25. The van der Waals surface area contributed by atoms with Crippen LogP contribution in [0.2, 0.25) is 5.28 Å². The number of fused-ring (bicyclic) bond motifs is 1. The average Bonchev–Trinajstić information content (AvgIpc) is 2.82. The van der Waals surface area contributed by atoms with Gasteiger partial charge in [-0.05, 0) is 42.3 Å². The van der Waals surface area contributed by atoms with Gasteiger partial charge in [-0.3, -0.25) is 4.79 Å². The van der Waals surface area contributed by atoms with E-state index in [-0.39, 0.29) is 11.9 Å². The molecule has 112 valence electrons. The summed E-state index contributed by atoms with van der Waals surface area (Å²) in [5.74, 6) is -0.125. The molecule has 1 heterocycles. The van der Waals surface area contributed by atoms with Crippen LogP contribution in [0.25, 0.3) is 11.0 Å². The topological polar surface area (TPSA) is 46.9 Å². The highest BCUT2D eigenvalue weighted by Crippen LogP contribution is 2.20. The van der Waals surface area contributed by atoms with E-state index >= 15 is 0 Å². The molecule has 0 aliphatic carbocycles. The first-order chi connectivity index (χ1) is 10.6. The molecular weight excluding hydrogens is 298 g/mol. The van der Waals surface area contributed by atoms with Gasteiger partial charge in [0, 0.05) is 12.6 Å². The normalized spacial score (nSPS) is 12.3. The zero-order chi connectivity index (χ0) is 15.7. The second-order valence-corrected chi connectivity index (χ2v) is 5.59. The Kier molecular flexibility index (Phi) is 3.86. The van der Waals surface area contributed by atoms with Gasteiger partial charge < -0.3 is 9.88 Å². The van der Waals surface area contributed by atoms with Crippen LogP contribution in [0.15, 0.2) is 48.5 Å². The zero-order valence-electron chi connectivity index (χ0n) is 12.4. The summed E-state index contributed by atoms with van der Waals surface area (Å²) in [4.78, 5) is 16.6. The molecule has 0 radical (unpaired) electrons. The van der Waals surface area contributed by atoms with Crippen LogP contribution >= 0.6 is 11.6 Å². The molecule has 3 rings (SSSR count). The van der Waals surface area contributed by atoms with Crippen LogP contribution in [0.3, 0.4) is 0 Å². The maximum atomic E-state index is 12.4. The van der Waals surface area contributed by atoms with E-state index in [1.54, 1.807) is 16.7 Å². The molecule has 1 N–H and O–H groups in total. The number of hydrogen-bond donors (Lipinski definition) is 1. The van der Waals surface area contributed by atoms with E-state index in [9.17, 15) is 4.79 Å². The van der Waals surface area contributed by atoms with E-state index in [4.69, 9.17) is 11.6 Å². The Morgan fingerprint density at radius 2 is 1.95 bits per heavy atom. The van der Waals surface area contributed by atoms with E-state index in [1.165, 1.54) is 0 Å². The van der Waals surface area contributed by atoms with Crippen LogP contribution in [-0.2, 0) is 7.05 Å². The molecule has 0 saturated carbocycles. The quantitative estimate of drug-likeness (QED) is 0.801. The average molecular weight is 314 g/mol. The lowest BCUT2D eigenvalue weighted by Crippen LogP contribution is -2.26. The molecule has 0 spiro atoms. The molecule has 0 aliphatic heterocycles. The minimum atomic E-state index is -0.125. The van der Waals surface area contributed by atoms with Crippen molar-refractivity contribution in [3.63, 3.8) is 0 Å². The standard InChI is InChI=1S/C17H16ClN3O/c1-11(12-6-4-3-5-7-12)19-16(22)13-8-9-15-14(10-13)20-17(18)21(15)2/h3-11H,1-2H3,(H,19,22)/t11-/m0/s1. The summed E-state index contributed by atoms with van der Waals surface area (Å²) >= 11 is 6.00. The number of halogens is 1. The van der Waals surface area contributed by atoms with Crippen molar-refractivity contribution in [2.45, 2.75) is 13.0 Å². The minimum absolute atomic E-state index is 0.0586. The second kappa shape index (κ2) is 5.81. The van der Waals surface area contributed by atoms with E-state index in [0.29, 0.717) is 16.4 Å². The van der Waals surface area contributed by atoms with Crippen LogP contribution in [0.5, 0.6) is 0 Å². The Balaban J connectivity index is 1.83. The highest BCUT2D eigenvalue weighted by molar-refractivity contribution is 6.29. The molecule has 2 aromatic carbocycles. The maximum Gasteiger partial charge on any atom is 0.251 e. The molecule has 4 nitrogen and oxygen atoms in total. The third-order valence-electron chi connectivity index (χ3n) is 3.74. The first kappa shape index (κ1) is 14.6. The Morgan fingerprint density at radius 1 is 1.23 bits per heavy atom. The molecule has 1 atom stereocenters. The van der Waals surface area contributed by atoms with Crippen molar-refractivity contribution < 1.29 is 4.79 Å². The number of amides is 1. The number of aromatic nitrogens is 2. The van der Waals surface area contributed by atoms with Crippen LogP contribution < -0.4 is 5.32 Å². The highest BCUT2D eigenvalue weighted by Gasteiger charge is 2.13. The Bertz CT molecular complexity index is 827.